The molecule has 0 saturated carbocycles. The first-order valence-electron chi connectivity index (χ1n) is 6.70. The van der Waals surface area contributed by atoms with Gasteiger partial charge in [0.25, 0.3) is 0 Å². The molecule has 0 spiro atoms. The third-order valence-electron chi connectivity index (χ3n) is 3.12. The minimum Gasteiger partial charge on any atom is -0.310 e. The lowest BCUT2D eigenvalue weighted by Crippen LogP contribution is -2.14. The van der Waals surface area contributed by atoms with Crippen molar-refractivity contribution in [2.45, 2.75) is 6.42 Å². The van der Waals surface area contributed by atoms with Gasteiger partial charge in [0, 0.05) is 23.9 Å². The van der Waals surface area contributed by atoms with E-state index in [9.17, 15) is 0 Å². The van der Waals surface area contributed by atoms with Crippen LogP contribution in [0, 0.1) is 11.8 Å². The van der Waals surface area contributed by atoms with Crippen LogP contribution in [-0.2, 0) is 0 Å². The fourth-order valence-electron chi connectivity index (χ4n) is 2.21. The van der Waals surface area contributed by atoms with E-state index >= 15 is 0 Å². The van der Waals surface area contributed by atoms with Crippen molar-refractivity contribution < 1.29 is 0 Å². The Labute approximate surface area is 119 Å². The van der Waals surface area contributed by atoms with E-state index in [-0.39, 0.29) is 0 Å². The number of rotatable bonds is 3. The Kier molecular flexibility index (Phi) is 3.66. The summed E-state index contributed by atoms with van der Waals surface area (Å²) in [5.74, 6) is 6.20. The number of anilines is 2. The summed E-state index contributed by atoms with van der Waals surface area (Å²) in [5.41, 5.74) is 3.36. The lowest BCUT2D eigenvalue weighted by atomic mass is 10.2. The lowest BCUT2D eigenvalue weighted by molar-refractivity contribution is 1.21. The molecule has 0 radical (unpaired) electrons. The topological polar surface area (TPSA) is 3.24 Å². The second-order valence-corrected chi connectivity index (χ2v) is 4.50. The molecular formula is C19H15N. The van der Waals surface area contributed by atoms with Crippen LogP contribution in [0.25, 0.3) is 0 Å². The predicted octanol–water partition coefficient (Wildman–Crippen LogP) is 4.67. The third-order valence-corrected chi connectivity index (χ3v) is 3.12. The van der Waals surface area contributed by atoms with Crippen molar-refractivity contribution in [3.63, 3.8) is 0 Å². The van der Waals surface area contributed by atoms with E-state index in [0.717, 1.165) is 23.5 Å². The summed E-state index contributed by atoms with van der Waals surface area (Å²) in [5, 5.41) is 0. The monoisotopic (exact) mass is 257 g/mol. The zero-order valence-electron chi connectivity index (χ0n) is 11.2. The molecule has 1 heteroatoms. The van der Waals surface area contributed by atoms with Crippen molar-refractivity contribution in [1.29, 1.82) is 0 Å². The van der Waals surface area contributed by atoms with Gasteiger partial charge in [-0.25, -0.2) is 0 Å². The second-order valence-electron chi connectivity index (χ2n) is 4.50. The molecule has 1 nitrogen and oxygen atoms in total. The highest BCUT2D eigenvalue weighted by molar-refractivity contribution is 5.70. The highest BCUT2D eigenvalue weighted by Gasteiger charge is 2.12. The Morgan fingerprint density at radius 1 is 0.800 bits per heavy atom. The summed E-state index contributed by atoms with van der Waals surface area (Å²) in [6.07, 6.45) is 7.00. The fourth-order valence-corrected chi connectivity index (χ4v) is 2.21. The van der Waals surface area contributed by atoms with Crippen LogP contribution in [0.3, 0.4) is 0 Å². The van der Waals surface area contributed by atoms with Gasteiger partial charge in [-0.3, -0.25) is 0 Å². The van der Waals surface area contributed by atoms with Crippen LogP contribution < -0.4 is 4.90 Å². The number of allylic oxidation sites excluding steroid dienone is 3. The Balaban J connectivity index is 2.10. The molecule has 0 aliphatic heterocycles. The molecule has 0 N–H and O–H groups in total. The molecule has 2 aromatic rings. The van der Waals surface area contributed by atoms with Gasteiger partial charge in [0.1, 0.15) is 0 Å². The van der Waals surface area contributed by atoms with E-state index in [1.807, 2.05) is 18.2 Å². The summed E-state index contributed by atoms with van der Waals surface area (Å²) in [4.78, 5) is 2.22. The average molecular weight is 257 g/mol. The molecule has 1 aliphatic rings. The first kappa shape index (κ1) is 12.3. The zero-order valence-corrected chi connectivity index (χ0v) is 11.2. The van der Waals surface area contributed by atoms with E-state index in [0.29, 0.717) is 0 Å². The summed E-state index contributed by atoms with van der Waals surface area (Å²) >= 11 is 0. The first-order valence-corrected chi connectivity index (χ1v) is 6.70. The van der Waals surface area contributed by atoms with Crippen molar-refractivity contribution in [2.24, 2.45) is 0 Å². The van der Waals surface area contributed by atoms with Gasteiger partial charge in [-0.1, -0.05) is 54.3 Å². The van der Waals surface area contributed by atoms with Crippen LogP contribution >= 0.6 is 0 Å². The number of hydrogen-bond donors (Lipinski definition) is 0. The number of hydrogen-bond acceptors (Lipinski definition) is 1. The van der Waals surface area contributed by atoms with Crippen molar-refractivity contribution >= 4 is 11.4 Å². The average Bonchev–Trinajstić information content (AvgIpc) is 2.79. The highest BCUT2D eigenvalue weighted by atomic mass is 15.1. The maximum Gasteiger partial charge on any atom is 0.0542 e. The maximum absolute atomic E-state index is 3.10. The zero-order chi connectivity index (χ0) is 13.6. The van der Waals surface area contributed by atoms with E-state index in [1.54, 1.807) is 0 Å². The molecule has 0 aromatic heterocycles. The van der Waals surface area contributed by atoms with Gasteiger partial charge in [0.15, 0.2) is 0 Å². The van der Waals surface area contributed by atoms with Gasteiger partial charge in [-0.2, -0.15) is 0 Å². The first-order chi connectivity index (χ1) is 9.95. The fraction of sp³-hybridized carbons (Fsp3) is 0.0526. The van der Waals surface area contributed by atoms with Crippen molar-refractivity contribution in [1.82, 2.24) is 0 Å². The summed E-state index contributed by atoms with van der Waals surface area (Å²) in [6.45, 7) is 0. The molecule has 0 atom stereocenters. The molecule has 20 heavy (non-hydrogen) atoms. The van der Waals surface area contributed by atoms with Crippen molar-refractivity contribution in [3.8, 4) is 11.8 Å². The van der Waals surface area contributed by atoms with E-state index in [1.165, 1.54) is 0 Å². The Bertz CT molecular complexity index is 645. The van der Waals surface area contributed by atoms with Gasteiger partial charge >= 0.3 is 0 Å². The Morgan fingerprint density at radius 3 is 2.00 bits per heavy atom. The molecule has 0 heterocycles. The molecule has 0 saturated heterocycles. The van der Waals surface area contributed by atoms with Crippen LogP contribution in [0.2, 0.25) is 0 Å². The van der Waals surface area contributed by atoms with Gasteiger partial charge in [-0.15, -0.1) is 0 Å². The molecule has 0 unspecified atom stereocenters. The van der Waals surface area contributed by atoms with E-state index in [2.05, 4.69) is 77.4 Å². The molecule has 3 rings (SSSR count). The van der Waals surface area contributed by atoms with Crippen LogP contribution in [0.15, 0.2) is 84.6 Å². The maximum atomic E-state index is 3.10. The number of nitrogens with zero attached hydrogens (tertiary/aromatic N) is 1. The molecule has 1 aliphatic carbocycles. The van der Waals surface area contributed by atoms with Crippen LogP contribution in [0.5, 0.6) is 0 Å². The van der Waals surface area contributed by atoms with Gasteiger partial charge in [0.2, 0.25) is 0 Å². The van der Waals surface area contributed by atoms with Crippen LogP contribution in [0.1, 0.15) is 6.42 Å². The second kappa shape index (κ2) is 5.95. The summed E-state index contributed by atoms with van der Waals surface area (Å²) in [6, 6.07) is 20.7. The summed E-state index contributed by atoms with van der Waals surface area (Å²) in [7, 11) is 0. The minimum atomic E-state index is 0.803. The molecular weight excluding hydrogens is 242 g/mol. The SMILES string of the molecule is C1#CCC=CC(N(c2ccccc2)c2ccccc2)=C1. The predicted molar refractivity (Wildman–Crippen MR) is 84.6 cm³/mol. The molecule has 0 fully saturated rings. The summed E-state index contributed by atoms with van der Waals surface area (Å²) < 4.78 is 0. The third kappa shape index (κ3) is 2.65. The van der Waals surface area contributed by atoms with E-state index < -0.39 is 0 Å². The lowest BCUT2D eigenvalue weighted by Gasteiger charge is -2.25. The van der Waals surface area contributed by atoms with Gasteiger partial charge in [0.05, 0.1) is 5.70 Å². The molecule has 2 aromatic carbocycles. The van der Waals surface area contributed by atoms with E-state index in [4.69, 9.17) is 0 Å². The molecule has 96 valence electrons. The highest BCUT2D eigenvalue weighted by Crippen LogP contribution is 2.30. The Morgan fingerprint density at radius 2 is 1.40 bits per heavy atom. The smallest absolute Gasteiger partial charge is 0.0542 e. The number of benzene rings is 2. The Hall–Kier alpha value is -2.72. The standard InChI is InChI=1S/C19H15N/c1-2-6-12-17(11-5-1)20(18-13-7-3-8-14-18)19-15-9-4-10-16-19/h3-5,7-16H,1H2. The minimum absolute atomic E-state index is 0.803. The van der Waals surface area contributed by atoms with Gasteiger partial charge in [-0.05, 0) is 30.3 Å². The van der Waals surface area contributed by atoms with Crippen molar-refractivity contribution in [2.75, 3.05) is 4.90 Å². The quantitative estimate of drug-likeness (QED) is 0.722. The van der Waals surface area contributed by atoms with Crippen LogP contribution in [0.4, 0.5) is 11.4 Å². The van der Waals surface area contributed by atoms with Crippen molar-refractivity contribution in [3.05, 3.63) is 84.6 Å². The molecule has 0 bridgehead atoms. The van der Waals surface area contributed by atoms with Gasteiger partial charge < -0.3 is 4.90 Å². The normalized spacial score (nSPS) is 12.9. The largest absolute Gasteiger partial charge is 0.310 e. The van der Waals surface area contributed by atoms with Crippen LogP contribution in [-0.4, -0.2) is 0 Å². The number of para-hydroxylation sites is 2. The molecule has 0 amide bonds.